The van der Waals surface area contributed by atoms with Crippen LogP contribution in [-0.2, 0) is 4.79 Å². The van der Waals surface area contributed by atoms with Gasteiger partial charge in [-0.15, -0.1) is 6.42 Å². The molecule has 0 fully saturated rings. The van der Waals surface area contributed by atoms with E-state index in [1.54, 1.807) is 12.1 Å². The summed E-state index contributed by atoms with van der Waals surface area (Å²) in [5, 5.41) is 5.37. The molecule has 0 aromatic heterocycles. The first kappa shape index (κ1) is 16.0. The Balaban J connectivity index is 2.68. The van der Waals surface area contributed by atoms with E-state index in [0.717, 1.165) is 0 Å². The summed E-state index contributed by atoms with van der Waals surface area (Å²) in [6.07, 6.45) is 5.06. The molecule has 1 aromatic rings. The van der Waals surface area contributed by atoms with Crippen LogP contribution in [0.2, 0.25) is 0 Å². The Morgan fingerprint density at radius 2 is 2.20 bits per heavy atom. The van der Waals surface area contributed by atoms with E-state index < -0.39 is 0 Å². The van der Waals surface area contributed by atoms with Crippen LogP contribution in [0.1, 0.15) is 13.8 Å². The first-order chi connectivity index (χ1) is 9.45. The van der Waals surface area contributed by atoms with Gasteiger partial charge in [-0.2, -0.15) is 0 Å². The lowest BCUT2D eigenvalue weighted by atomic mass is 10.2. The minimum atomic E-state index is -0.365. The summed E-state index contributed by atoms with van der Waals surface area (Å²) >= 11 is 0. The number of halogens is 1. The molecule has 0 spiro atoms. The highest BCUT2D eigenvalue weighted by atomic mass is 19.1. The number of carbonyl (C=O) groups is 1. The van der Waals surface area contributed by atoms with Gasteiger partial charge in [0.1, 0.15) is 5.82 Å². The standard InChI is InChI=1S/C15H20FN3O/c1-5-8-17-10-15(20)18-12-6-7-14(13(16)9-12)19(4)11(2)3/h1,6-7,9,11,17H,8,10H2,2-4H3,(H,18,20). The number of terminal acetylenes is 1. The van der Waals surface area contributed by atoms with Crippen molar-refractivity contribution in [1.29, 1.82) is 0 Å². The van der Waals surface area contributed by atoms with Gasteiger partial charge in [0.25, 0.3) is 0 Å². The van der Waals surface area contributed by atoms with Gasteiger partial charge >= 0.3 is 0 Å². The van der Waals surface area contributed by atoms with Crippen molar-refractivity contribution >= 4 is 17.3 Å². The Kier molecular flexibility index (Phi) is 6.01. The van der Waals surface area contributed by atoms with Crippen molar-refractivity contribution in [1.82, 2.24) is 5.32 Å². The molecule has 1 aromatic carbocycles. The molecule has 0 bridgehead atoms. The van der Waals surface area contributed by atoms with Gasteiger partial charge in [0.2, 0.25) is 5.91 Å². The molecule has 20 heavy (non-hydrogen) atoms. The number of nitrogens with zero attached hydrogens (tertiary/aromatic N) is 1. The third-order valence-electron chi connectivity index (χ3n) is 2.90. The van der Waals surface area contributed by atoms with Crippen molar-refractivity contribution in [3.8, 4) is 12.3 Å². The summed E-state index contributed by atoms with van der Waals surface area (Å²) in [7, 11) is 1.82. The fraction of sp³-hybridized carbons (Fsp3) is 0.400. The van der Waals surface area contributed by atoms with Crippen LogP contribution in [-0.4, -0.2) is 32.1 Å². The second kappa shape index (κ2) is 7.51. The molecule has 0 heterocycles. The van der Waals surface area contributed by atoms with Crippen molar-refractivity contribution < 1.29 is 9.18 Å². The summed E-state index contributed by atoms with van der Waals surface area (Å²) in [5.74, 6) is 1.75. The van der Waals surface area contributed by atoms with Crippen LogP contribution in [0.3, 0.4) is 0 Å². The molecule has 2 N–H and O–H groups in total. The van der Waals surface area contributed by atoms with Gasteiger partial charge in [0, 0.05) is 18.8 Å². The van der Waals surface area contributed by atoms with E-state index in [0.29, 0.717) is 17.9 Å². The van der Waals surface area contributed by atoms with E-state index in [1.807, 2.05) is 25.8 Å². The zero-order chi connectivity index (χ0) is 15.1. The van der Waals surface area contributed by atoms with E-state index >= 15 is 0 Å². The number of rotatable bonds is 6. The van der Waals surface area contributed by atoms with Gasteiger partial charge in [-0.25, -0.2) is 4.39 Å². The highest BCUT2D eigenvalue weighted by molar-refractivity contribution is 5.92. The molecule has 0 radical (unpaired) electrons. The lowest BCUT2D eigenvalue weighted by Gasteiger charge is -2.24. The number of hydrogen-bond acceptors (Lipinski definition) is 3. The molecule has 4 nitrogen and oxygen atoms in total. The minimum Gasteiger partial charge on any atom is -0.370 e. The molecule has 0 aliphatic carbocycles. The van der Waals surface area contributed by atoms with E-state index in [-0.39, 0.29) is 24.3 Å². The molecule has 0 aliphatic rings. The average Bonchev–Trinajstić information content (AvgIpc) is 2.38. The molecule has 1 amide bonds. The number of anilines is 2. The van der Waals surface area contributed by atoms with E-state index in [2.05, 4.69) is 16.6 Å². The number of hydrogen-bond donors (Lipinski definition) is 2. The molecule has 1 rings (SSSR count). The van der Waals surface area contributed by atoms with Gasteiger partial charge < -0.3 is 10.2 Å². The van der Waals surface area contributed by atoms with Crippen LogP contribution in [0.4, 0.5) is 15.8 Å². The fourth-order valence-electron chi connectivity index (χ4n) is 1.60. The van der Waals surface area contributed by atoms with Gasteiger partial charge in [-0.1, -0.05) is 5.92 Å². The second-order valence-electron chi connectivity index (χ2n) is 4.73. The monoisotopic (exact) mass is 277 g/mol. The predicted octanol–water partition coefficient (Wildman–Crippen LogP) is 1.83. The van der Waals surface area contributed by atoms with Crippen molar-refractivity contribution in [2.45, 2.75) is 19.9 Å². The molecule has 0 saturated heterocycles. The Morgan fingerprint density at radius 3 is 2.75 bits per heavy atom. The summed E-state index contributed by atoms with van der Waals surface area (Å²) in [5.41, 5.74) is 0.930. The van der Waals surface area contributed by atoms with Gasteiger partial charge in [-0.05, 0) is 32.0 Å². The SMILES string of the molecule is C#CCNCC(=O)Nc1ccc(N(C)C(C)C)c(F)c1. The molecule has 0 aliphatic heterocycles. The van der Waals surface area contributed by atoms with Crippen LogP contribution < -0.4 is 15.5 Å². The van der Waals surface area contributed by atoms with Gasteiger partial charge in [0.05, 0.1) is 18.8 Å². The molecular formula is C15H20FN3O. The molecule has 0 saturated carbocycles. The Bertz CT molecular complexity index is 508. The first-order valence-electron chi connectivity index (χ1n) is 6.42. The molecule has 108 valence electrons. The molecule has 5 heteroatoms. The second-order valence-corrected chi connectivity index (χ2v) is 4.73. The smallest absolute Gasteiger partial charge is 0.238 e. The van der Waals surface area contributed by atoms with Gasteiger partial charge in [-0.3, -0.25) is 10.1 Å². The van der Waals surface area contributed by atoms with Crippen LogP contribution in [0.15, 0.2) is 18.2 Å². The quantitative estimate of drug-likeness (QED) is 0.616. The third-order valence-corrected chi connectivity index (χ3v) is 2.90. The number of nitrogens with one attached hydrogen (secondary N) is 2. The van der Waals surface area contributed by atoms with Crippen LogP contribution in [0, 0.1) is 18.2 Å². The highest BCUT2D eigenvalue weighted by Crippen LogP contribution is 2.23. The van der Waals surface area contributed by atoms with Crippen LogP contribution in [0.25, 0.3) is 0 Å². The summed E-state index contributed by atoms with van der Waals surface area (Å²) in [6, 6.07) is 4.83. The average molecular weight is 277 g/mol. The Morgan fingerprint density at radius 1 is 1.50 bits per heavy atom. The first-order valence-corrected chi connectivity index (χ1v) is 6.42. The summed E-state index contributed by atoms with van der Waals surface area (Å²) < 4.78 is 14.0. The number of amides is 1. The Labute approximate surface area is 119 Å². The van der Waals surface area contributed by atoms with Crippen molar-refractivity contribution in [3.63, 3.8) is 0 Å². The molecule has 0 unspecified atom stereocenters. The zero-order valence-electron chi connectivity index (χ0n) is 12.0. The van der Waals surface area contributed by atoms with E-state index in [1.165, 1.54) is 6.07 Å². The fourth-order valence-corrected chi connectivity index (χ4v) is 1.60. The highest BCUT2D eigenvalue weighted by Gasteiger charge is 2.11. The zero-order valence-corrected chi connectivity index (χ0v) is 12.0. The van der Waals surface area contributed by atoms with E-state index in [4.69, 9.17) is 6.42 Å². The lowest BCUT2D eigenvalue weighted by molar-refractivity contribution is -0.115. The lowest BCUT2D eigenvalue weighted by Crippen LogP contribution is -2.28. The van der Waals surface area contributed by atoms with Crippen molar-refractivity contribution in [3.05, 3.63) is 24.0 Å². The van der Waals surface area contributed by atoms with Crippen molar-refractivity contribution in [2.24, 2.45) is 0 Å². The van der Waals surface area contributed by atoms with Crippen LogP contribution >= 0.6 is 0 Å². The van der Waals surface area contributed by atoms with Gasteiger partial charge in [0.15, 0.2) is 0 Å². The van der Waals surface area contributed by atoms with E-state index in [9.17, 15) is 9.18 Å². The summed E-state index contributed by atoms with van der Waals surface area (Å²) in [4.78, 5) is 13.4. The molecular weight excluding hydrogens is 257 g/mol. The maximum Gasteiger partial charge on any atom is 0.238 e. The summed E-state index contributed by atoms with van der Waals surface area (Å²) in [6.45, 7) is 4.37. The number of benzene rings is 1. The molecule has 0 atom stereocenters. The predicted molar refractivity (Wildman–Crippen MR) is 80.3 cm³/mol. The Hall–Kier alpha value is -2.06. The van der Waals surface area contributed by atoms with Crippen molar-refractivity contribution in [2.75, 3.05) is 30.4 Å². The largest absolute Gasteiger partial charge is 0.370 e. The minimum absolute atomic E-state index is 0.0967. The topological polar surface area (TPSA) is 44.4 Å². The van der Waals surface area contributed by atoms with Crippen LogP contribution in [0.5, 0.6) is 0 Å². The maximum atomic E-state index is 14.0. The normalized spacial score (nSPS) is 10.2. The number of carbonyl (C=O) groups excluding carboxylic acids is 1. The maximum absolute atomic E-state index is 14.0. The third kappa shape index (κ3) is 4.56.